The van der Waals surface area contributed by atoms with Crippen molar-refractivity contribution in [3.05, 3.63) is 42.0 Å². The van der Waals surface area contributed by atoms with Crippen molar-refractivity contribution >= 4 is 17.6 Å². The number of carboxylic acids is 1. The van der Waals surface area contributed by atoms with E-state index in [0.717, 1.165) is 6.08 Å². The molecule has 1 aromatic rings. The number of amides is 1. The van der Waals surface area contributed by atoms with E-state index in [1.807, 2.05) is 6.07 Å². The zero-order valence-electron chi connectivity index (χ0n) is 8.93. The van der Waals surface area contributed by atoms with Gasteiger partial charge in [0.25, 0.3) is 0 Å². The topological polar surface area (TPSA) is 66.4 Å². The summed E-state index contributed by atoms with van der Waals surface area (Å²) >= 11 is 0. The van der Waals surface area contributed by atoms with Gasteiger partial charge in [-0.25, -0.2) is 4.79 Å². The zero-order valence-corrected chi connectivity index (χ0v) is 8.93. The Labute approximate surface area is 93.6 Å². The average Bonchev–Trinajstić information content (AvgIpc) is 2.27. The van der Waals surface area contributed by atoms with E-state index in [1.54, 1.807) is 31.2 Å². The van der Waals surface area contributed by atoms with E-state index in [0.29, 0.717) is 12.1 Å². The molecule has 0 atom stereocenters. The monoisotopic (exact) mass is 219 g/mol. The molecule has 0 heterocycles. The molecular weight excluding hydrogens is 206 g/mol. The molecular formula is C12H13NO3. The third-order valence-corrected chi connectivity index (χ3v) is 2.00. The normalized spacial score (nSPS) is 10.9. The Bertz CT molecular complexity index is 410. The van der Waals surface area contributed by atoms with Crippen LogP contribution in [0.25, 0.3) is 0 Å². The van der Waals surface area contributed by atoms with Crippen molar-refractivity contribution in [2.24, 2.45) is 0 Å². The summed E-state index contributed by atoms with van der Waals surface area (Å²) in [5, 5.41) is 11.3. The molecule has 0 saturated heterocycles. The van der Waals surface area contributed by atoms with Crippen molar-refractivity contribution in [3.8, 4) is 0 Å². The van der Waals surface area contributed by atoms with Gasteiger partial charge in [0.05, 0.1) is 0 Å². The van der Waals surface area contributed by atoms with Crippen LogP contribution in [0, 0.1) is 0 Å². The van der Waals surface area contributed by atoms with Crippen LogP contribution >= 0.6 is 0 Å². The SMILES string of the molecule is CC/C(=C/C(=O)Nc1ccccc1)C(=O)O. The fraction of sp³-hybridized carbons (Fsp3) is 0.167. The largest absolute Gasteiger partial charge is 0.478 e. The molecule has 2 N–H and O–H groups in total. The summed E-state index contributed by atoms with van der Waals surface area (Å²) in [5.74, 6) is -1.49. The number of hydrogen-bond donors (Lipinski definition) is 2. The van der Waals surface area contributed by atoms with Gasteiger partial charge < -0.3 is 10.4 Å². The van der Waals surface area contributed by atoms with Gasteiger partial charge in [0, 0.05) is 17.3 Å². The molecule has 0 aromatic heterocycles. The molecule has 0 aliphatic heterocycles. The molecule has 84 valence electrons. The van der Waals surface area contributed by atoms with Crippen LogP contribution in [-0.2, 0) is 9.59 Å². The van der Waals surface area contributed by atoms with Crippen LogP contribution in [0.4, 0.5) is 5.69 Å². The highest BCUT2D eigenvalue weighted by Gasteiger charge is 2.07. The summed E-state index contributed by atoms with van der Waals surface area (Å²) in [6.07, 6.45) is 1.42. The highest BCUT2D eigenvalue weighted by molar-refractivity contribution is 6.04. The first-order valence-corrected chi connectivity index (χ1v) is 4.93. The van der Waals surface area contributed by atoms with Crippen LogP contribution < -0.4 is 5.32 Å². The summed E-state index contributed by atoms with van der Waals surface area (Å²) < 4.78 is 0. The molecule has 0 bridgehead atoms. The zero-order chi connectivity index (χ0) is 12.0. The Balaban J connectivity index is 2.70. The summed E-state index contributed by atoms with van der Waals surface area (Å²) in [4.78, 5) is 22.1. The standard InChI is InChI=1S/C12H13NO3/c1-2-9(12(15)16)8-11(14)13-10-6-4-3-5-7-10/h3-8H,2H2,1H3,(H,13,14)(H,15,16)/b9-8-. The Morgan fingerprint density at radius 2 is 1.94 bits per heavy atom. The number of nitrogens with one attached hydrogen (secondary N) is 1. The van der Waals surface area contributed by atoms with Crippen molar-refractivity contribution < 1.29 is 14.7 Å². The highest BCUT2D eigenvalue weighted by Crippen LogP contribution is 2.06. The molecule has 1 amide bonds. The number of anilines is 1. The third-order valence-electron chi connectivity index (χ3n) is 2.00. The van der Waals surface area contributed by atoms with E-state index < -0.39 is 11.9 Å². The van der Waals surface area contributed by atoms with Gasteiger partial charge in [0.2, 0.25) is 5.91 Å². The maximum atomic E-state index is 11.4. The molecule has 0 spiro atoms. The molecule has 1 aromatic carbocycles. The number of aliphatic carboxylic acids is 1. The molecule has 0 fully saturated rings. The molecule has 0 radical (unpaired) electrons. The predicted molar refractivity (Wildman–Crippen MR) is 61.1 cm³/mol. The van der Waals surface area contributed by atoms with Crippen LogP contribution in [0.3, 0.4) is 0 Å². The van der Waals surface area contributed by atoms with Gasteiger partial charge in [-0.15, -0.1) is 0 Å². The Morgan fingerprint density at radius 1 is 1.31 bits per heavy atom. The molecule has 0 aliphatic carbocycles. The summed E-state index contributed by atoms with van der Waals surface area (Å²) in [6.45, 7) is 1.69. The minimum absolute atomic E-state index is 0.0911. The van der Waals surface area contributed by atoms with Gasteiger partial charge >= 0.3 is 5.97 Å². The van der Waals surface area contributed by atoms with E-state index in [1.165, 1.54) is 0 Å². The van der Waals surface area contributed by atoms with Crippen LogP contribution in [0.2, 0.25) is 0 Å². The molecule has 1 rings (SSSR count). The van der Waals surface area contributed by atoms with Crippen molar-refractivity contribution in [2.45, 2.75) is 13.3 Å². The average molecular weight is 219 g/mol. The molecule has 16 heavy (non-hydrogen) atoms. The van der Waals surface area contributed by atoms with Gasteiger partial charge in [-0.3, -0.25) is 4.79 Å². The van der Waals surface area contributed by atoms with Gasteiger partial charge in [-0.1, -0.05) is 25.1 Å². The number of carboxylic acid groups (broad SMARTS) is 1. The molecule has 0 saturated carbocycles. The highest BCUT2D eigenvalue weighted by atomic mass is 16.4. The molecule has 0 unspecified atom stereocenters. The minimum Gasteiger partial charge on any atom is -0.478 e. The van der Waals surface area contributed by atoms with E-state index in [4.69, 9.17) is 5.11 Å². The smallest absolute Gasteiger partial charge is 0.331 e. The van der Waals surface area contributed by atoms with Crippen LogP contribution in [-0.4, -0.2) is 17.0 Å². The van der Waals surface area contributed by atoms with Gasteiger partial charge in [0.15, 0.2) is 0 Å². The van der Waals surface area contributed by atoms with Gasteiger partial charge in [-0.2, -0.15) is 0 Å². The molecule has 4 heteroatoms. The van der Waals surface area contributed by atoms with E-state index >= 15 is 0 Å². The van der Waals surface area contributed by atoms with Crippen LogP contribution in [0.1, 0.15) is 13.3 Å². The first-order chi connectivity index (χ1) is 7.63. The second-order valence-electron chi connectivity index (χ2n) is 3.18. The number of carbonyl (C=O) groups is 2. The third kappa shape index (κ3) is 3.57. The Morgan fingerprint density at radius 3 is 2.44 bits per heavy atom. The van der Waals surface area contributed by atoms with E-state index in [9.17, 15) is 9.59 Å². The number of para-hydroxylation sites is 1. The number of hydrogen-bond acceptors (Lipinski definition) is 2. The lowest BCUT2D eigenvalue weighted by atomic mass is 10.2. The predicted octanol–water partition coefficient (Wildman–Crippen LogP) is 2.05. The summed E-state index contributed by atoms with van der Waals surface area (Å²) in [5.41, 5.74) is 0.734. The lowest BCUT2D eigenvalue weighted by Gasteiger charge is -2.02. The van der Waals surface area contributed by atoms with Crippen LogP contribution in [0.5, 0.6) is 0 Å². The molecule has 4 nitrogen and oxygen atoms in total. The number of benzene rings is 1. The fourth-order valence-electron chi connectivity index (χ4n) is 1.17. The van der Waals surface area contributed by atoms with Crippen LogP contribution in [0.15, 0.2) is 42.0 Å². The molecule has 0 aliphatic rings. The Kier molecular flexibility index (Phi) is 4.27. The minimum atomic E-state index is -1.06. The number of carbonyl (C=O) groups excluding carboxylic acids is 1. The lowest BCUT2D eigenvalue weighted by molar-refractivity contribution is -0.133. The van der Waals surface area contributed by atoms with Gasteiger partial charge in [-0.05, 0) is 18.6 Å². The van der Waals surface area contributed by atoms with E-state index in [2.05, 4.69) is 5.32 Å². The van der Waals surface area contributed by atoms with Crippen molar-refractivity contribution in [1.29, 1.82) is 0 Å². The first kappa shape index (κ1) is 12.0. The fourth-order valence-corrected chi connectivity index (χ4v) is 1.17. The quantitative estimate of drug-likeness (QED) is 0.761. The van der Waals surface area contributed by atoms with Crippen molar-refractivity contribution in [1.82, 2.24) is 0 Å². The van der Waals surface area contributed by atoms with Gasteiger partial charge in [0.1, 0.15) is 0 Å². The second-order valence-corrected chi connectivity index (χ2v) is 3.18. The van der Waals surface area contributed by atoms with Crippen molar-refractivity contribution in [2.75, 3.05) is 5.32 Å². The maximum absolute atomic E-state index is 11.4. The number of rotatable bonds is 4. The second kappa shape index (κ2) is 5.70. The Hall–Kier alpha value is -2.10. The van der Waals surface area contributed by atoms with E-state index in [-0.39, 0.29) is 5.57 Å². The first-order valence-electron chi connectivity index (χ1n) is 4.93. The van der Waals surface area contributed by atoms with Crippen molar-refractivity contribution in [3.63, 3.8) is 0 Å². The maximum Gasteiger partial charge on any atom is 0.331 e. The summed E-state index contributed by atoms with van der Waals surface area (Å²) in [7, 11) is 0. The summed E-state index contributed by atoms with van der Waals surface area (Å²) in [6, 6.07) is 8.88. The lowest BCUT2D eigenvalue weighted by Crippen LogP contribution is -2.11.